The lowest BCUT2D eigenvalue weighted by Gasteiger charge is -2.35. The third-order valence-corrected chi connectivity index (χ3v) is 5.76. The van der Waals surface area contributed by atoms with E-state index in [0.717, 1.165) is 16.7 Å². The Labute approximate surface area is 194 Å². The number of likely N-dealkylation sites (N-methyl/N-ethyl adjacent to an activating group) is 1. The highest BCUT2D eigenvalue weighted by Crippen LogP contribution is 2.40. The summed E-state index contributed by atoms with van der Waals surface area (Å²) >= 11 is 0. The van der Waals surface area contributed by atoms with Gasteiger partial charge < -0.3 is 10.1 Å². The zero-order valence-electron chi connectivity index (χ0n) is 18.9. The van der Waals surface area contributed by atoms with Gasteiger partial charge in [-0.15, -0.1) is 0 Å². The fourth-order valence-corrected chi connectivity index (χ4v) is 4.22. The van der Waals surface area contributed by atoms with Crippen molar-refractivity contribution in [3.8, 4) is 0 Å². The van der Waals surface area contributed by atoms with Gasteiger partial charge in [0.2, 0.25) is 0 Å². The number of esters is 1. The SMILES string of the molecule is CCOC(=O)[C@@H](Cc1ncn(C(c2ccccc2)(c2ccccc2)c2ccccc2)n1)NC. The van der Waals surface area contributed by atoms with Crippen molar-refractivity contribution < 1.29 is 9.53 Å². The molecule has 0 aliphatic heterocycles. The summed E-state index contributed by atoms with van der Waals surface area (Å²) in [6, 6.07) is 30.4. The third kappa shape index (κ3) is 4.43. The molecule has 0 saturated carbocycles. The van der Waals surface area contributed by atoms with Gasteiger partial charge in [0.15, 0.2) is 5.82 Å². The van der Waals surface area contributed by atoms with Crippen molar-refractivity contribution in [3.63, 3.8) is 0 Å². The van der Waals surface area contributed by atoms with E-state index in [-0.39, 0.29) is 5.97 Å². The minimum atomic E-state index is -0.728. The predicted molar refractivity (Wildman–Crippen MR) is 128 cm³/mol. The van der Waals surface area contributed by atoms with Gasteiger partial charge in [0, 0.05) is 6.42 Å². The fraction of sp³-hybridized carbons (Fsp3) is 0.222. The summed E-state index contributed by atoms with van der Waals surface area (Å²) in [7, 11) is 1.74. The molecule has 0 aliphatic rings. The number of hydrogen-bond acceptors (Lipinski definition) is 5. The first-order valence-electron chi connectivity index (χ1n) is 11.1. The number of nitrogens with one attached hydrogen (secondary N) is 1. The first-order chi connectivity index (χ1) is 16.2. The van der Waals surface area contributed by atoms with Crippen molar-refractivity contribution in [1.29, 1.82) is 0 Å². The lowest BCUT2D eigenvalue weighted by atomic mass is 9.77. The van der Waals surface area contributed by atoms with Crippen molar-refractivity contribution in [2.75, 3.05) is 13.7 Å². The molecule has 0 radical (unpaired) electrons. The molecule has 0 aliphatic carbocycles. The van der Waals surface area contributed by atoms with Crippen LogP contribution in [0.3, 0.4) is 0 Å². The van der Waals surface area contributed by atoms with E-state index in [0.29, 0.717) is 18.9 Å². The molecule has 0 fully saturated rings. The number of carbonyl (C=O) groups is 1. The van der Waals surface area contributed by atoms with E-state index in [1.54, 1.807) is 20.3 Å². The molecule has 1 atom stereocenters. The van der Waals surface area contributed by atoms with Crippen molar-refractivity contribution >= 4 is 5.97 Å². The molecule has 4 rings (SSSR count). The first-order valence-corrected chi connectivity index (χ1v) is 11.1. The summed E-state index contributed by atoms with van der Waals surface area (Å²) in [5.41, 5.74) is 2.46. The molecule has 3 aromatic carbocycles. The average molecular weight is 441 g/mol. The van der Waals surface area contributed by atoms with Crippen LogP contribution < -0.4 is 5.32 Å². The van der Waals surface area contributed by atoms with Crippen LogP contribution in [0, 0.1) is 0 Å². The highest BCUT2D eigenvalue weighted by molar-refractivity contribution is 5.76. The van der Waals surface area contributed by atoms with Crippen LogP contribution in [0.15, 0.2) is 97.3 Å². The Morgan fingerprint density at radius 3 is 1.82 bits per heavy atom. The van der Waals surface area contributed by atoms with Crippen molar-refractivity contribution in [3.05, 3.63) is 120 Å². The molecule has 0 bridgehead atoms. The van der Waals surface area contributed by atoms with Gasteiger partial charge in [-0.3, -0.25) is 4.79 Å². The number of nitrogens with zero attached hydrogens (tertiary/aromatic N) is 3. The Hall–Kier alpha value is -3.77. The first kappa shape index (κ1) is 22.4. The standard InChI is InChI=1S/C27H28N4O2/c1-3-33-26(32)24(28-2)19-25-29-20-31(30-25)27(21-13-7-4-8-14-21,22-15-9-5-10-16-22)23-17-11-6-12-18-23/h4-18,20,24,28H,3,19H2,1-2H3/t24-/m1/s1. The third-order valence-electron chi connectivity index (χ3n) is 5.76. The predicted octanol–water partition coefficient (Wildman–Crippen LogP) is 3.81. The molecule has 0 spiro atoms. The van der Waals surface area contributed by atoms with Crippen molar-refractivity contribution in [1.82, 2.24) is 20.1 Å². The molecule has 33 heavy (non-hydrogen) atoms. The summed E-state index contributed by atoms with van der Waals surface area (Å²) in [6.07, 6.45) is 2.08. The second-order valence-corrected chi connectivity index (χ2v) is 7.71. The zero-order valence-corrected chi connectivity index (χ0v) is 18.9. The van der Waals surface area contributed by atoms with Crippen LogP contribution >= 0.6 is 0 Å². The van der Waals surface area contributed by atoms with Crippen LogP contribution in [0.25, 0.3) is 0 Å². The second-order valence-electron chi connectivity index (χ2n) is 7.71. The summed E-state index contributed by atoms with van der Waals surface area (Å²) in [4.78, 5) is 16.9. The molecule has 1 heterocycles. The highest BCUT2D eigenvalue weighted by Gasteiger charge is 2.39. The van der Waals surface area contributed by atoms with Gasteiger partial charge >= 0.3 is 5.97 Å². The molecule has 0 saturated heterocycles. The Morgan fingerprint density at radius 1 is 0.909 bits per heavy atom. The summed E-state index contributed by atoms with van der Waals surface area (Å²) in [6.45, 7) is 2.13. The number of benzene rings is 3. The number of aromatic nitrogens is 3. The van der Waals surface area contributed by atoms with Gasteiger partial charge in [-0.1, -0.05) is 91.0 Å². The van der Waals surface area contributed by atoms with Crippen molar-refractivity contribution in [2.24, 2.45) is 0 Å². The van der Waals surface area contributed by atoms with Gasteiger partial charge in [-0.25, -0.2) is 9.67 Å². The maximum absolute atomic E-state index is 12.3. The van der Waals surface area contributed by atoms with Crippen LogP contribution in [-0.2, 0) is 21.5 Å². The lowest BCUT2D eigenvalue weighted by Crippen LogP contribution is -2.39. The molecule has 6 heteroatoms. The number of ether oxygens (including phenoxy) is 1. The molecular weight excluding hydrogens is 412 g/mol. The van der Waals surface area contributed by atoms with Crippen LogP contribution in [0.2, 0.25) is 0 Å². The van der Waals surface area contributed by atoms with E-state index >= 15 is 0 Å². The zero-order chi connectivity index (χ0) is 23.1. The molecule has 1 N–H and O–H groups in total. The molecule has 0 amide bonds. The van der Waals surface area contributed by atoms with Gasteiger partial charge in [0.1, 0.15) is 17.9 Å². The van der Waals surface area contributed by atoms with Gasteiger partial charge in [0.25, 0.3) is 0 Å². The summed E-state index contributed by atoms with van der Waals surface area (Å²) < 4.78 is 7.09. The van der Waals surface area contributed by atoms with Crippen LogP contribution in [0.5, 0.6) is 0 Å². The smallest absolute Gasteiger partial charge is 0.323 e. The number of hydrogen-bond donors (Lipinski definition) is 1. The van der Waals surface area contributed by atoms with E-state index in [1.807, 2.05) is 59.3 Å². The normalized spacial score (nSPS) is 12.3. The fourth-order valence-electron chi connectivity index (χ4n) is 4.22. The number of carbonyl (C=O) groups excluding carboxylic acids is 1. The molecule has 168 valence electrons. The average Bonchev–Trinajstić information content (AvgIpc) is 3.34. The second kappa shape index (κ2) is 10.2. The quantitative estimate of drug-likeness (QED) is 0.317. The van der Waals surface area contributed by atoms with E-state index in [2.05, 4.69) is 46.7 Å². The molecular formula is C27H28N4O2. The summed E-state index contributed by atoms with van der Waals surface area (Å²) in [5.74, 6) is 0.256. The van der Waals surface area contributed by atoms with Gasteiger partial charge in [-0.2, -0.15) is 5.10 Å². The Balaban J connectivity index is 1.88. The highest BCUT2D eigenvalue weighted by atomic mass is 16.5. The van der Waals surface area contributed by atoms with Crippen LogP contribution in [0.4, 0.5) is 0 Å². The van der Waals surface area contributed by atoms with Gasteiger partial charge in [-0.05, 0) is 30.7 Å². The maximum Gasteiger partial charge on any atom is 0.323 e. The van der Waals surface area contributed by atoms with E-state index in [9.17, 15) is 4.79 Å². The molecule has 0 unspecified atom stereocenters. The molecule has 1 aromatic heterocycles. The topological polar surface area (TPSA) is 69.0 Å². The van der Waals surface area contributed by atoms with E-state index in [1.165, 1.54) is 0 Å². The monoisotopic (exact) mass is 440 g/mol. The van der Waals surface area contributed by atoms with Crippen LogP contribution in [-0.4, -0.2) is 40.4 Å². The Morgan fingerprint density at radius 2 is 1.39 bits per heavy atom. The van der Waals surface area contributed by atoms with Crippen molar-refractivity contribution in [2.45, 2.75) is 24.9 Å². The Bertz CT molecular complexity index is 1060. The minimum absolute atomic E-state index is 0.309. The Kier molecular flexibility index (Phi) is 6.95. The molecule has 4 aromatic rings. The maximum atomic E-state index is 12.3. The lowest BCUT2D eigenvalue weighted by molar-refractivity contribution is -0.145. The number of rotatable bonds is 9. The van der Waals surface area contributed by atoms with Gasteiger partial charge in [0.05, 0.1) is 6.61 Å². The largest absolute Gasteiger partial charge is 0.465 e. The van der Waals surface area contributed by atoms with E-state index in [4.69, 9.17) is 9.84 Å². The van der Waals surface area contributed by atoms with E-state index < -0.39 is 11.6 Å². The minimum Gasteiger partial charge on any atom is -0.465 e. The summed E-state index contributed by atoms with van der Waals surface area (Å²) in [5, 5.41) is 7.91. The molecule has 6 nitrogen and oxygen atoms in total. The van der Waals surface area contributed by atoms with Crippen LogP contribution in [0.1, 0.15) is 29.4 Å².